The molecule has 0 saturated carbocycles. The van der Waals surface area contributed by atoms with Crippen molar-refractivity contribution in [3.63, 3.8) is 0 Å². The standard InChI is InChI=1S/C14H32P.C8H6O7S/c1-5-9-12-15(8-4,13-10-6-2)14-11-7-3;9-7(10)4-1-5(8(11)12)3-6(2-4)16(13,14)15/h5-14H2,1-4H3;1-3H,(H,9,10)(H,11,12)(H,13,14,15)/q+1;/p-1. The molecule has 0 heterocycles. The van der Waals surface area contributed by atoms with Gasteiger partial charge in [0.25, 0.3) is 0 Å². The van der Waals surface area contributed by atoms with Crippen LogP contribution < -0.4 is 0 Å². The minimum Gasteiger partial charge on any atom is -0.744 e. The van der Waals surface area contributed by atoms with Crippen molar-refractivity contribution in [2.45, 2.75) is 71.1 Å². The molecule has 0 fully saturated rings. The first-order valence-electron chi connectivity index (χ1n) is 10.9. The van der Waals surface area contributed by atoms with Crippen LogP contribution in [0.25, 0.3) is 0 Å². The molecule has 0 atom stereocenters. The fraction of sp³-hybridized carbons (Fsp3) is 0.636. The first-order chi connectivity index (χ1) is 14.5. The van der Waals surface area contributed by atoms with Gasteiger partial charge >= 0.3 is 11.9 Å². The second-order valence-corrected chi connectivity index (χ2v) is 13.7. The molecule has 1 aromatic rings. The Bertz CT molecular complexity index is 752. The number of aromatic carboxylic acids is 2. The van der Waals surface area contributed by atoms with Gasteiger partial charge in [-0.3, -0.25) is 0 Å². The maximum Gasteiger partial charge on any atom is 0.335 e. The van der Waals surface area contributed by atoms with Gasteiger partial charge in [-0.15, -0.1) is 0 Å². The average molecular weight is 477 g/mol. The van der Waals surface area contributed by atoms with Crippen molar-refractivity contribution in [3.05, 3.63) is 29.3 Å². The van der Waals surface area contributed by atoms with E-state index in [1.54, 1.807) is 18.5 Å². The van der Waals surface area contributed by atoms with Gasteiger partial charge in [0.05, 0.1) is 40.7 Å². The highest BCUT2D eigenvalue weighted by Gasteiger charge is 2.32. The summed E-state index contributed by atoms with van der Waals surface area (Å²) in [4.78, 5) is 20.2. The molecule has 0 aliphatic heterocycles. The van der Waals surface area contributed by atoms with Crippen molar-refractivity contribution in [1.29, 1.82) is 0 Å². The van der Waals surface area contributed by atoms with E-state index in [9.17, 15) is 22.6 Å². The third-order valence-corrected chi connectivity index (χ3v) is 11.3. The van der Waals surface area contributed by atoms with E-state index in [-0.39, 0.29) is 0 Å². The number of carbonyl (C=O) groups is 2. The highest BCUT2D eigenvalue weighted by atomic mass is 32.2. The van der Waals surface area contributed by atoms with Crippen LogP contribution in [0, 0.1) is 0 Å². The summed E-state index contributed by atoms with van der Waals surface area (Å²) in [5.74, 6) is -3.04. The molecular weight excluding hydrogens is 439 g/mol. The molecule has 0 aromatic heterocycles. The second kappa shape index (κ2) is 14.5. The minimum atomic E-state index is -4.89. The Labute approximate surface area is 187 Å². The molecule has 31 heavy (non-hydrogen) atoms. The smallest absolute Gasteiger partial charge is 0.335 e. The molecule has 9 heteroatoms. The topological polar surface area (TPSA) is 132 Å². The van der Waals surface area contributed by atoms with E-state index < -0.39 is 45.3 Å². The largest absolute Gasteiger partial charge is 0.744 e. The van der Waals surface area contributed by atoms with Crippen molar-refractivity contribution < 1.29 is 32.8 Å². The molecule has 0 radical (unpaired) electrons. The highest BCUT2D eigenvalue weighted by Crippen LogP contribution is 2.60. The van der Waals surface area contributed by atoms with Crippen LogP contribution in [-0.4, -0.2) is 59.8 Å². The van der Waals surface area contributed by atoms with Gasteiger partial charge in [-0.1, -0.05) is 40.0 Å². The summed E-state index contributed by atoms with van der Waals surface area (Å²) in [5, 5.41) is 17.2. The van der Waals surface area contributed by atoms with E-state index in [1.165, 1.54) is 44.7 Å². The van der Waals surface area contributed by atoms with Gasteiger partial charge in [-0.05, 0) is 44.4 Å². The van der Waals surface area contributed by atoms with Crippen LogP contribution in [0.1, 0.15) is 86.9 Å². The fourth-order valence-electron chi connectivity index (χ4n) is 3.28. The van der Waals surface area contributed by atoms with E-state index in [0.717, 1.165) is 6.07 Å². The Morgan fingerprint density at radius 1 is 0.806 bits per heavy atom. The Hall–Kier alpha value is -1.50. The molecule has 1 aromatic carbocycles. The number of carboxylic acid groups (broad SMARTS) is 2. The summed E-state index contributed by atoms with van der Waals surface area (Å²) in [6.07, 6.45) is 14.9. The minimum absolute atomic E-state index is 0.527. The van der Waals surface area contributed by atoms with Gasteiger partial charge in [-0.25, -0.2) is 18.0 Å². The van der Waals surface area contributed by atoms with Crippen molar-refractivity contribution in [1.82, 2.24) is 0 Å². The first-order valence-corrected chi connectivity index (χ1v) is 14.8. The Kier molecular flexibility index (Phi) is 13.8. The molecule has 0 unspecified atom stereocenters. The molecule has 0 amide bonds. The predicted octanol–water partition coefficient (Wildman–Crippen LogP) is 5.41. The normalized spacial score (nSPS) is 11.5. The number of unbranched alkanes of at least 4 members (excludes halogenated alkanes) is 3. The zero-order valence-electron chi connectivity index (χ0n) is 19.1. The lowest BCUT2D eigenvalue weighted by atomic mass is 10.1. The Morgan fingerprint density at radius 2 is 1.16 bits per heavy atom. The van der Waals surface area contributed by atoms with Crippen LogP contribution in [-0.2, 0) is 10.1 Å². The van der Waals surface area contributed by atoms with Gasteiger partial charge < -0.3 is 14.8 Å². The van der Waals surface area contributed by atoms with E-state index in [0.29, 0.717) is 12.1 Å². The maximum atomic E-state index is 10.6. The van der Waals surface area contributed by atoms with Crippen molar-refractivity contribution in [2.24, 2.45) is 0 Å². The van der Waals surface area contributed by atoms with Gasteiger partial charge in [-0.2, -0.15) is 0 Å². The lowest BCUT2D eigenvalue weighted by Gasteiger charge is -2.26. The molecule has 7 nitrogen and oxygen atoms in total. The Morgan fingerprint density at radius 3 is 1.39 bits per heavy atom. The third kappa shape index (κ3) is 11.1. The highest BCUT2D eigenvalue weighted by molar-refractivity contribution is 7.85. The van der Waals surface area contributed by atoms with E-state index in [4.69, 9.17) is 10.2 Å². The average Bonchev–Trinajstić information content (AvgIpc) is 2.73. The van der Waals surface area contributed by atoms with E-state index in [1.807, 2.05) is 0 Å². The molecule has 1 rings (SSSR count). The molecule has 0 spiro atoms. The van der Waals surface area contributed by atoms with E-state index >= 15 is 0 Å². The molecule has 2 N–H and O–H groups in total. The lowest BCUT2D eigenvalue weighted by Crippen LogP contribution is -2.11. The van der Waals surface area contributed by atoms with Crippen LogP contribution >= 0.6 is 7.26 Å². The monoisotopic (exact) mass is 476 g/mol. The lowest BCUT2D eigenvalue weighted by molar-refractivity contribution is 0.0696. The van der Waals surface area contributed by atoms with Crippen LogP contribution in [0.2, 0.25) is 0 Å². The number of hydrogen-bond donors (Lipinski definition) is 2. The molecule has 0 saturated heterocycles. The van der Waals surface area contributed by atoms with Crippen molar-refractivity contribution in [3.8, 4) is 0 Å². The summed E-state index contributed by atoms with van der Waals surface area (Å²) >= 11 is 0. The summed E-state index contributed by atoms with van der Waals surface area (Å²) in [6.45, 7) is 9.46. The number of benzene rings is 1. The van der Waals surface area contributed by atoms with Crippen molar-refractivity contribution >= 4 is 29.3 Å². The molecule has 0 aliphatic rings. The number of hydrogen-bond acceptors (Lipinski definition) is 5. The summed E-state index contributed by atoms with van der Waals surface area (Å²) in [5.41, 5.74) is -1.15. The summed E-state index contributed by atoms with van der Waals surface area (Å²) in [6, 6.07) is 1.98. The van der Waals surface area contributed by atoms with Gasteiger partial charge in [0.2, 0.25) is 0 Å². The SMILES string of the molecule is CCCC[P+](CC)(CCCC)CCCC.O=C(O)c1cc(C(=O)O)cc(S(=O)(=O)[O-])c1. The van der Waals surface area contributed by atoms with Crippen molar-refractivity contribution in [2.75, 3.05) is 24.6 Å². The molecule has 178 valence electrons. The predicted molar refractivity (Wildman–Crippen MR) is 125 cm³/mol. The fourth-order valence-corrected chi connectivity index (χ4v) is 8.40. The van der Waals surface area contributed by atoms with Gasteiger partial charge in [0, 0.05) is 7.26 Å². The second-order valence-electron chi connectivity index (χ2n) is 7.70. The zero-order chi connectivity index (χ0) is 24.1. The molecule has 0 bridgehead atoms. The zero-order valence-corrected chi connectivity index (χ0v) is 20.8. The van der Waals surface area contributed by atoms with Crippen LogP contribution in [0.5, 0.6) is 0 Å². The summed E-state index contributed by atoms with van der Waals surface area (Å²) < 4.78 is 31.9. The molecular formula is C22H37O7PS. The number of rotatable bonds is 13. The van der Waals surface area contributed by atoms with Gasteiger partial charge in [0.15, 0.2) is 0 Å². The Balaban J connectivity index is 0.000000582. The maximum absolute atomic E-state index is 10.6. The third-order valence-electron chi connectivity index (χ3n) is 5.32. The first kappa shape index (κ1) is 29.5. The quantitative estimate of drug-likeness (QED) is 0.287. The van der Waals surface area contributed by atoms with Crippen LogP contribution in [0.4, 0.5) is 0 Å². The van der Waals surface area contributed by atoms with Crippen LogP contribution in [0.3, 0.4) is 0 Å². The molecule has 0 aliphatic carbocycles. The van der Waals surface area contributed by atoms with E-state index in [2.05, 4.69) is 27.7 Å². The van der Waals surface area contributed by atoms with Crippen LogP contribution in [0.15, 0.2) is 23.1 Å². The summed E-state index contributed by atoms with van der Waals surface area (Å²) in [7, 11) is -5.42. The number of carboxylic acids is 2. The van der Waals surface area contributed by atoms with Gasteiger partial charge in [0.1, 0.15) is 10.1 Å².